The molecule has 0 spiro atoms. The average molecular weight is 260 g/mol. The lowest BCUT2D eigenvalue weighted by molar-refractivity contribution is -0.123. The molecule has 17 heavy (non-hydrogen) atoms. The Morgan fingerprint density at radius 1 is 1.47 bits per heavy atom. The predicted molar refractivity (Wildman–Crippen MR) is 71.4 cm³/mol. The second kappa shape index (κ2) is 7.82. The molecule has 3 unspecified atom stereocenters. The largest absolute Gasteiger partial charge is 0.355 e. The van der Waals surface area contributed by atoms with Crippen LogP contribution in [0, 0.1) is 0 Å². The smallest absolute Gasteiger partial charge is 0.237 e. The van der Waals surface area contributed by atoms with Gasteiger partial charge in [-0.1, -0.05) is 19.8 Å². The van der Waals surface area contributed by atoms with Gasteiger partial charge in [0.2, 0.25) is 5.91 Å². The molecule has 1 saturated heterocycles. The van der Waals surface area contributed by atoms with Crippen LogP contribution in [0.3, 0.4) is 0 Å². The summed E-state index contributed by atoms with van der Waals surface area (Å²) in [6.07, 6.45) is 6.92. The zero-order valence-corrected chi connectivity index (χ0v) is 11.6. The molecule has 1 amide bonds. The Balaban J connectivity index is 2.21. The van der Waals surface area contributed by atoms with Gasteiger partial charge in [-0.2, -0.15) is 0 Å². The number of rotatable bonds is 5. The molecule has 1 aliphatic heterocycles. The topological polar surface area (TPSA) is 58.2 Å². The van der Waals surface area contributed by atoms with Gasteiger partial charge >= 0.3 is 0 Å². The summed E-state index contributed by atoms with van der Waals surface area (Å²) < 4.78 is 11.2. The quantitative estimate of drug-likeness (QED) is 0.768. The van der Waals surface area contributed by atoms with E-state index in [2.05, 4.69) is 10.6 Å². The fraction of sp³-hybridized carbons (Fsp3) is 0.917. The molecule has 2 N–H and O–H groups in total. The molecule has 1 aliphatic rings. The lowest BCUT2D eigenvalue weighted by atomic mass is 10.1. The Hall–Kier alpha value is -0.420. The minimum atomic E-state index is -0.799. The van der Waals surface area contributed by atoms with Crippen molar-refractivity contribution in [2.45, 2.75) is 50.3 Å². The van der Waals surface area contributed by atoms with Crippen molar-refractivity contribution in [2.75, 3.05) is 19.3 Å². The first-order chi connectivity index (χ1) is 8.11. The molecule has 3 atom stereocenters. The van der Waals surface area contributed by atoms with E-state index in [1.54, 1.807) is 6.26 Å². The lowest BCUT2D eigenvalue weighted by Crippen LogP contribution is -2.44. The van der Waals surface area contributed by atoms with Crippen LogP contribution in [0.5, 0.6) is 0 Å². The predicted octanol–water partition coefficient (Wildman–Crippen LogP) is 0.792. The first kappa shape index (κ1) is 14.6. The monoisotopic (exact) mass is 260 g/mol. The number of carbonyl (C=O) groups is 1. The van der Waals surface area contributed by atoms with E-state index < -0.39 is 10.8 Å². The van der Waals surface area contributed by atoms with Gasteiger partial charge in [0.05, 0.1) is 6.04 Å². The van der Waals surface area contributed by atoms with Crippen LogP contribution >= 0.6 is 0 Å². The third-order valence-electron chi connectivity index (χ3n) is 3.29. The number of nitrogens with one attached hydrogen (secondary N) is 2. The first-order valence-corrected chi connectivity index (χ1v) is 8.06. The van der Waals surface area contributed by atoms with Crippen molar-refractivity contribution in [1.29, 1.82) is 0 Å². The molecule has 4 nitrogen and oxygen atoms in total. The molecule has 0 saturated carbocycles. The van der Waals surface area contributed by atoms with Crippen LogP contribution in [-0.2, 0) is 15.6 Å². The molecular formula is C12H24N2O2S. The van der Waals surface area contributed by atoms with Crippen LogP contribution < -0.4 is 10.6 Å². The number of amides is 1. The minimum Gasteiger partial charge on any atom is -0.355 e. The molecule has 1 fully saturated rings. The molecule has 1 heterocycles. The molecule has 0 radical (unpaired) electrons. The summed E-state index contributed by atoms with van der Waals surface area (Å²) in [5.74, 6) is 0.0981. The van der Waals surface area contributed by atoms with E-state index in [0.29, 0.717) is 6.54 Å². The zero-order valence-electron chi connectivity index (χ0n) is 10.8. The van der Waals surface area contributed by atoms with Gasteiger partial charge in [0.25, 0.3) is 0 Å². The van der Waals surface area contributed by atoms with Gasteiger partial charge in [-0.05, 0) is 25.8 Å². The Morgan fingerprint density at radius 3 is 2.94 bits per heavy atom. The molecule has 0 aliphatic carbocycles. The maximum atomic E-state index is 11.9. The summed E-state index contributed by atoms with van der Waals surface area (Å²) in [4.78, 5) is 11.9. The Morgan fingerprint density at radius 2 is 2.24 bits per heavy atom. The van der Waals surface area contributed by atoms with Gasteiger partial charge < -0.3 is 10.6 Å². The van der Waals surface area contributed by atoms with Crippen molar-refractivity contribution in [3.8, 4) is 0 Å². The maximum absolute atomic E-state index is 11.9. The minimum absolute atomic E-state index is 0.0278. The SMILES string of the molecule is CC(CCNC(=O)C1CCCCCN1)S(C)=O. The molecule has 0 aromatic rings. The van der Waals surface area contributed by atoms with Crippen molar-refractivity contribution in [3.05, 3.63) is 0 Å². The van der Waals surface area contributed by atoms with Gasteiger partial charge in [0, 0.05) is 28.9 Å². The summed E-state index contributed by atoms with van der Waals surface area (Å²) in [6.45, 7) is 3.51. The van der Waals surface area contributed by atoms with E-state index in [0.717, 1.165) is 32.2 Å². The number of carbonyl (C=O) groups excluding carboxylic acids is 1. The van der Waals surface area contributed by atoms with E-state index in [4.69, 9.17) is 0 Å². The molecule has 1 rings (SSSR count). The van der Waals surface area contributed by atoms with Crippen LogP contribution in [0.2, 0.25) is 0 Å². The third kappa shape index (κ3) is 5.64. The van der Waals surface area contributed by atoms with Crippen molar-refractivity contribution in [2.24, 2.45) is 0 Å². The third-order valence-corrected chi connectivity index (χ3v) is 4.66. The lowest BCUT2D eigenvalue weighted by Gasteiger charge is -2.16. The normalized spacial score (nSPS) is 24.7. The Bertz CT molecular complexity index is 263. The molecule has 100 valence electrons. The molecule has 0 bridgehead atoms. The highest BCUT2D eigenvalue weighted by Crippen LogP contribution is 2.08. The highest BCUT2D eigenvalue weighted by Gasteiger charge is 2.19. The van der Waals surface area contributed by atoms with E-state index in [9.17, 15) is 9.00 Å². The van der Waals surface area contributed by atoms with Gasteiger partial charge in [-0.25, -0.2) is 0 Å². The van der Waals surface area contributed by atoms with E-state index in [1.165, 1.54) is 6.42 Å². The summed E-state index contributed by atoms with van der Waals surface area (Å²) in [5.41, 5.74) is 0. The Labute approximate surface area is 106 Å². The second-order valence-corrected chi connectivity index (χ2v) is 6.55. The van der Waals surface area contributed by atoms with E-state index in [-0.39, 0.29) is 17.2 Å². The van der Waals surface area contributed by atoms with Crippen LogP contribution in [0.4, 0.5) is 0 Å². The maximum Gasteiger partial charge on any atom is 0.237 e. The highest BCUT2D eigenvalue weighted by atomic mass is 32.2. The Kier molecular flexibility index (Phi) is 6.73. The van der Waals surface area contributed by atoms with Gasteiger partial charge in [-0.3, -0.25) is 9.00 Å². The summed E-state index contributed by atoms with van der Waals surface area (Å²) in [5, 5.41) is 6.35. The molecular weight excluding hydrogens is 236 g/mol. The molecule has 0 aromatic heterocycles. The van der Waals surface area contributed by atoms with Crippen molar-refractivity contribution in [3.63, 3.8) is 0 Å². The number of hydrogen-bond donors (Lipinski definition) is 2. The zero-order chi connectivity index (χ0) is 12.7. The van der Waals surface area contributed by atoms with E-state index >= 15 is 0 Å². The van der Waals surface area contributed by atoms with Gasteiger partial charge in [-0.15, -0.1) is 0 Å². The van der Waals surface area contributed by atoms with Crippen LogP contribution in [0.15, 0.2) is 0 Å². The molecule has 5 heteroatoms. The summed E-state index contributed by atoms with van der Waals surface area (Å²) >= 11 is 0. The van der Waals surface area contributed by atoms with Crippen LogP contribution in [0.1, 0.15) is 39.0 Å². The number of hydrogen-bond acceptors (Lipinski definition) is 3. The highest BCUT2D eigenvalue weighted by molar-refractivity contribution is 7.84. The second-order valence-electron chi connectivity index (χ2n) is 4.74. The van der Waals surface area contributed by atoms with Gasteiger partial charge in [0.1, 0.15) is 0 Å². The van der Waals surface area contributed by atoms with Crippen LogP contribution in [-0.4, -0.2) is 40.8 Å². The molecule has 0 aromatic carbocycles. The first-order valence-electron chi connectivity index (χ1n) is 6.44. The standard InChI is InChI=1S/C12H24N2O2S/c1-10(17(2)16)7-9-14-12(15)11-6-4-3-5-8-13-11/h10-11,13H,3-9H2,1-2H3,(H,14,15). The van der Waals surface area contributed by atoms with Crippen molar-refractivity contribution >= 4 is 16.7 Å². The summed E-state index contributed by atoms with van der Waals surface area (Å²) in [7, 11) is -0.799. The fourth-order valence-corrected chi connectivity index (χ4v) is 2.39. The fourth-order valence-electron chi connectivity index (χ4n) is 1.94. The van der Waals surface area contributed by atoms with Gasteiger partial charge in [0.15, 0.2) is 0 Å². The average Bonchev–Trinajstić information content (AvgIpc) is 2.57. The van der Waals surface area contributed by atoms with Crippen LogP contribution in [0.25, 0.3) is 0 Å². The van der Waals surface area contributed by atoms with E-state index in [1.807, 2.05) is 6.92 Å². The summed E-state index contributed by atoms with van der Waals surface area (Å²) in [6, 6.07) is -0.0278. The van der Waals surface area contributed by atoms with Crippen molar-refractivity contribution < 1.29 is 9.00 Å². The van der Waals surface area contributed by atoms with Crippen molar-refractivity contribution in [1.82, 2.24) is 10.6 Å².